The summed E-state index contributed by atoms with van der Waals surface area (Å²) < 4.78 is 31.3. The Kier molecular flexibility index (Phi) is 6.14. The summed E-state index contributed by atoms with van der Waals surface area (Å²) in [7, 11) is 0. The Bertz CT molecular complexity index is 1080. The summed E-state index contributed by atoms with van der Waals surface area (Å²) in [4.78, 5) is 27.1. The third kappa shape index (κ3) is 4.05. The minimum Gasteiger partial charge on any atom is -0.507 e. The molecule has 2 aliphatic rings. The highest BCUT2D eigenvalue weighted by atomic mass is 19.1. The number of hydrogen-bond acceptors (Lipinski definition) is 6. The number of carbonyl (C=O) groups excluding carboxylic acids is 2. The standard InChI is InChI=1S/C24H24FNO6/c1-14(2)30-10-9-26-21(16-5-3-4-6-17(16)25)20(23(28)24(26)29)22(27)15-7-8-18-19(13-15)32-12-11-31-18/h3-8,13-14,21,27H,9-12H2,1-2H3/b22-20+. The van der Waals surface area contributed by atoms with Gasteiger partial charge >= 0.3 is 0 Å². The summed E-state index contributed by atoms with van der Waals surface area (Å²) in [6.07, 6.45) is -0.0727. The number of carbonyl (C=O) groups is 2. The molecule has 0 saturated carbocycles. The molecule has 0 bridgehead atoms. The normalized spacial score (nSPS) is 19.6. The molecule has 0 radical (unpaired) electrons. The Morgan fingerprint density at radius 3 is 2.59 bits per heavy atom. The number of rotatable bonds is 6. The first-order valence-corrected chi connectivity index (χ1v) is 10.4. The van der Waals surface area contributed by atoms with Gasteiger partial charge < -0.3 is 24.2 Å². The lowest BCUT2D eigenvalue weighted by Gasteiger charge is -2.26. The van der Waals surface area contributed by atoms with E-state index in [4.69, 9.17) is 14.2 Å². The molecule has 2 heterocycles. The summed E-state index contributed by atoms with van der Waals surface area (Å²) in [5.74, 6) is -1.74. The van der Waals surface area contributed by atoms with Crippen LogP contribution in [0, 0.1) is 5.82 Å². The monoisotopic (exact) mass is 441 g/mol. The van der Waals surface area contributed by atoms with Crippen molar-refractivity contribution >= 4 is 17.4 Å². The van der Waals surface area contributed by atoms with Gasteiger partial charge in [-0.3, -0.25) is 9.59 Å². The number of Topliss-reactive ketones (excluding diaryl/α,β-unsaturated/α-hetero) is 1. The quantitative estimate of drug-likeness (QED) is 0.420. The fourth-order valence-electron chi connectivity index (χ4n) is 3.86. The zero-order chi connectivity index (χ0) is 22.8. The van der Waals surface area contributed by atoms with E-state index >= 15 is 0 Å². The minimum absolute atomic E-state index is 0.0691. The van der Waals surface area contributed by atoms with Gasteiger partial charge in [0.05, 0.1) is 24.3 Å². The van der Waals surface area contributed by atoms with Gasteiger partial charge in [0.15, 0.2) is 11.5 Å². The molecule has 8 heteroatoms. The zero-order valence-corrected chi connectivity index (χ0v) is 17.8. The van der Waals surface area contributed by atoms with E-state index in [9.17, 15) is 19.1 Å². The van der Waals surface area contributed by atoms with Gasteiger partial charge in [-0.05, 0) is 38.1 Å². The van der Waals surface area contributed by atoms with Gasteiger partial charge in [0.1, 0.15) is 24.8 Å². The molecule has 32 heavy (non-hydrogen) atoms. The molecule has 1 amide bonds. The van der Waals surface area contributed by atoms with Crippen molar-refractivity contribution < 1.29 is 33.3 Å². The number of nitrogens with zero attached hydrogens (tertiary/aromatic N) is 1. The Labute approximate surface area is 185 Å². The lowest BCUT2D eigenvalue weighted by molar-refractivity contribution is -0.140. The van der Waals surface area contributed by atoms with Crippen molar-refractivity contribution in [2.75, 3.05) is 26.4 Å². The number of ether oxygens (including phenoxy) is 3. The topological polar surface area (TPSA) is 85.3 Å². The van der Waals surface area contributed by atoms with Crippen molar-refractivity contribution in [2.45, 2.75) is 26.0 Å². The van der Waals surface area contributed by atoms with Gasteiger partial charge in [0.2, 0.25) is 0 Å². The Morgan fingerprint density at radius 1 is 1.16 bits per heavy atom. The van der Waals surface area contributed by atoms with E-state index < -0.39 is 29.3 Å². The molecular weight excluding hydrogens is 417 g/mol. The number of aliphatic hydroxyl groups is 1. The molecular formula is C24H24FNO6. The Balaban J connectivity index is 1.80. The van der Waals surface area contributed by atoms with Gasteiger partial charge in [-0.1, -0.05) is 18.2 Å². The maximum Gasteiger partial charge on any atom is 0.295 e. The second kappa shape index (κ2) is 9.00. The van der Waals surface area contributed by atoms with Crippen LogP contribution in [0.4, 0.5) is 4.39 Å². The third-order valence-electron chi connectivity index (χ3n) is 5.34. The molecule has 1 fully saturated rings. The molecule has 1 saturated heterocycles. The molecule has 2 aromatic carbocycles. The van der Waals surface area contributed by atoms with Crippen LogP contribution in [0.25, 0.3) is 5.76 Å². The predicted octanol–water partition coefficient (Wildman–Crippen LogP) is 3.44. The van der Waals surface area contributed by atoms with Crippen molar-refractivity contribution in [3.8, 4) is 11.5 Å². The van der Waals surface area contributed by atoms with Crippen molar-refractivity contribution in [1.82, 2.24) is 4.90 Å². The highest BCUT2D eigenvalue weighted by Crippen LogP contribution is 2.41. The first-order valence-electron chi connectivity index (χ1n) is 10.4. The second-order valence-electron chi connectivity index (χ2n) is 7.79. The van der Waals surface area contributed by atoms with Gasteiger partial charge in [0.25, 0.3) is 11.7 Å². The van der Waals surface area contributed by atoms with Crippen molar-refractivity contribution in [2.24, 2.45) is 0 Å². The molecule has 1 unspecified atom stereocenters. The first kappa shape index (κ1) is 21.8. The molecule has 2 aromatic rings. The third-order valence-corrected chi connectivity index (χ3v) is 5.34. The summed E-state index contributed by atoms with van der Waals surface area (Å²) >= 11 is 0. The van der Waals surface area contributed by atoms with E-state index in [1.165, 1.54) is 29.2 Å². The van der Waals surface area contributed by atoms with E-state index in [1.54, 1.807) is 18.2 Å². The van der Waals surface area contributed by atoms with Crippen LogP contribution in [0.1, 0.15) is 31.0 Å². The van der Waals surface area contributed by atoms with Crippen LogP contribution in [0.2, 0.25) is 0 Å². The maximum atomic E-state index is 14.8. The van der Waals surface area contributed by atoms with Crippen LogP contribution in [0.3, 0.4) is 0 Å². The lowest BCUT2D eigenvalue weighted by atomic mass is 9.95. The van der Waals surface area contributed by atoms with Gasteiger partial charge in [-0.2, -0.15) is 0 Å². The lowest BCUT2D eigenvalue weighted by Crippen LogP contribution is -2.33. The van der Waals surface area contributed by atoms with E-state index in [0.29, 0.717) is 24.7 Å². The SMILES string of the molecule is CC(C)OCCN1C(=O)C(=O)/C(=C(/O)c2ccc3c(c2)OCCO3)C1c1ccccc1F. The number of aliphatic hydroxyl groups excluding tert-OH is 1. The fourth-order valence-corrected chi connectivity index (χ4v) is 3.86. The van der Waals surface area contributed by atoms with Crippen LogP contribution < -0.4 is 9.47 Å². The van der Waals surface area contributed by atoms with Crippen molar-refractivity contribution in [3.63, 3.8) is 0 Å². The summed E-state index contributed by atoms with van der Waals surface area (Å²) in [5, 5.41) is 11.1. The first-order chi connectivity index (χ1) is 15.4. The summed E-state index contributed by atoms with van der Waals surface area (Å²) in [5.41, 5.74) is 0.212. The largest absolute Gasteiger partial charge is 0.507 e. The number of amides is 1. The average molecular weight is 441 g/mol. The van der Waals surface area contributed by atoms with Crippen molar-refractivity contribution in [3.05, 3.63) is 65.0 Å². The van der Waals surface area contributed by atoms with E-state index in [-0.39, 0.29) is 36.0 Å². The summed E-state index contributed by atoms with van der Waals surface area (Å²) in [6, 6.07) is 9.53. The van der Waals surface area contributed by atoms with E-state index in [0.717, 1.165) is 0 Å². The van der Waals surface area contributed by atoms with Crippen LogP contribution in [-0.4, -0.2) is 54.2 Å². The molecule has 0 aromatic heterocycles. The van der Waals surface area contributed by atoms with Crippen LogP contribution in [0.5, 0.6) is 11.5 Å². The number of fused-ring (bicyclic) bond motifs is 1. The fraction of sp³-hybridized carbons (Fsp3) is 0.333. The highest BCUT2D eigenvalue weighted by Gasteiger charge is 2.46. The number of halogens is 1. The van der Waals surface area contributed by atoms with Crippen LogP contribution >= 0.6 is 0 Å². The van der Waals surface area contributed by atoms with Gasteiger partial charge in [-0.25, -0.2) is 4.39 Å². The zero-order valence-electron chi connectivity index (χ0n) is 17.8. The smallest absolute Gasteiger partial charge is 0.295 e. The van der Waals surface area contributed by atoms with E-state index in [2.05, 4.69) is 0 Å². The number of ketones is 1. The van der Waals surface area contributed by atoms with Gasteiger partial charge in [0, 0.05) is 17.7 Å². The molecule has 1 atom stereocenters. The predicted molar refractivity (Wildman–Crippen MR) is 114 cm³/mol. The number of likely N-dealkylation sites (tertiary alicyclic amines) is 1. The number of benzene rings is 2. The number of hydrogen-bond donors (Lipinski definition) is 1. The van der Waals surface area contributed by atoms with Gasteiger partial charge in [-0.15, -0.1) is 0 Å². The molecule has 2 aliphatic heterocycles. The van der Waals surface area contributed by atoms with Crippen LogP contribution in [-0.2, 0) is 14.3 Å². The maximum absolute atomic E-state index is 14.8. The molecule has 7 nitrogen and oxygen atoms in total. The Morgan fingerprint density at radius 2 is 1.88 bits per heavy atom. The second-order valence-corrected chi connectivity index (χ2v) is 7.79. The molecule has 168 valence electrons. The minimum atomic E-state index is -1.08. The van der Waals surface area contributed by atoms with Crippen LogP contribution in [0.15, 0.2) is 48.0 Å². The molecule has 0 spiro atoms. The molecule has 0 aliphatic carbocycles. The average Bonchev–Trinajstić information content (AvgIpc) is 3.03. The highest BCUT2D eigenvalue weighted by molar-refractivity contribution is 6.46. The van der Waals surface area contributed by atoms with E-state index in [1.807, 2.05) is 13.8 Å². The Hall–Kier alpha value is -3.39. The van der Waals surface area contributed by atoms with Crippen molar-refractivity contribution in [1.29, 1.82) is 0 Å². The summed E-state index contributed by atoms with van der Waals surface area (Å²) in [6.45, 7) is 4.70. The molecule has 4 rings (SSSR count). The molecule has 1 N–H and O–H groups in total.